The molecule has 0 radical (unpaired) electrons. The maximum Gasteiger partial charge on any atom is 0.255 e. The summed E-state index contributed by atoms with van der Waals surface area (Å²) in [4.78, 5) is 20.3. The number of fused-ring (bicyclic) bond motifs is 1. The minimum atomic E-state index is 0.134. The molecule has 1 aliphatic carbocycles. The molecule has 4 nitrogen and oxygen atoms in total. The highest BCUT2D eigenvalue weighted by Crippen LogP contribution is 2.45. The Kier molecular flexibility index (Phi) is 2.31. The van der Waals surface area contributed by atoms with Crippen LogP contribution in [0.4, 0.5) is 5.82 Å². The van der Waals surface area contributed by atoms with Gasteiger partial charge < -0.3 is 9.80 Å². The summed E-state index contributed by atoms with van der Waals surface area (Å²) in [5.74, 6) is 2.58. The summed E-state index contributed by atoms with van der Waals surface area (Å²) in [5.41, 5.74) is 0.705. The molecule has 2 atom stereocenters. The molecule has 2 unspecified atom stereocenters. The number of hydrogen-bond donors (Lipinski definition) is 0. The monoisotopic (exact) mass is 231 g/mol. The molecule has 0 N–H and O–H groups in total. The van der Waals surface area contributed by atoms with Gasteiger partial charge in [0.1, 0.15) is 5.82 Å². The van der Waals surface area contributed by atoms with Crippen molar-refractivity contribution in [3.8, 4) is 0 Å². The number of carbonyl (C=O) groups excluding carboxylic acids is 1. The molecule has 0 bridgehead atoms. The summed E-state index contributed by atoms with van der Waals surface area (Å²) in [6.07, 6.45) is 3.00. The zero-order valence-electron chi connectivity index (χ0n) is 10.3. The van der Waals surface area contributed by atoms with Crippen LogP contribution in [0.3, 0.4) is 0 Å². The van der Waals surface area contributed by atoms with Crippen LogP contribution >= 0.6 is 0 Å². The summed E-state index contributed by atoms with van der Waals surface area (Å²) >= 11 is 0. The predicted molar refractivity (Wildman–Crippen MR) is 66.1 cm³/mol. The van der Waals surface area contributed by atoms with Crippen LogP contribution in [0.25, 0.3) is 0 Å². The molecule has 4 heteroatoms. The average Bonchev–Trinajstić information content (AvgIpc) is 2.95. The first-order chi connectivity index (χ1) is 8.15. The Bertz CT molecular complexity index is 430. The van der Waals surface area contributed by atoms with E-state index in [2.05, 4.69) is 4.98 Å². The summed E-state index contributed by atoms with van der Waals surface area (Å²) in [6.45, 7) is 1.89. The third-order valence-electron chi connectivity index (χ3n) is 3.72. The largest absolute Gasteiger partial charge is 0.363 e. The van der Waals surface area contributed by atoms with E-state index >= 15 is 0 Å². The molecular weight excluding hydrogens is 214 g/mol. The summed E-state index contributed by atoms with van der Waals surface area (Å²) in [5, 5.41) is 0. The van der Waals surface area contributed by atoms with Gasteiger partial charge in [-0.05, 0) is 30.4 Å². The Hall–Kier alpha value is -1.58. The van der Waals surface area contributed by atoms with Crippen LogP contribution in [-0.4, -0.2) is 43.0 Å². The molecule has 1 aromatic heterocycles. The molecule has 0 aromatic carbocycles. The number of carbonyl (C=O) groups is 1. The molecule has 90 valence electrons. The zero-order valence-corrected chi connectivity index (χ0v) is 10.3. The lowest BCUT2D eigenvalue weighted by Crippen LogP contribution is -2.30. The van der Waals surface area contributed by atoms with Gasteiger partial charge in [-0.3, -0.25) is 4.79 Å². The molecule has 3 rings (SSSR count). The van der Waals surface area contributed by atoms with Crippen LogP contribution in [0.5, 0.6) is 0 Å². The van der Waals surface area contributed by atoms with Gasteiger partial charge in [-0.2, -0.15) is 0 Å². The average molecular weight is 231 g/mol. The Labute approximate surface area is 101 Å². The second-order valence-electron chi connectivity index (χ2n) is 5.27. The summed E-state index contributed by atoms with van der Waals surface area (Å²) < 4.78 is 0. The Balaban J connectivity index is 1.72. The number of piperidine rings is 1. The van der Waals surface area contributed by atoms with E-state index in [1.165, 1.54) is 6.42 Å². The molecule has 1 amide bonds. The van der Waals surface area contributed by atoms with Crippen LogP contribution in [0.1, 0.15) is 16.8 Å². The number of anilines is 1. The van der Waals surface area contributed by atoms with Gasteiger partial charge in [-0.25, -0.2) is 4.98 Å². The highest BCUT2D eigenvalue weighted by molar-refractivity contribution is 5.94. The van der Waals surface area contributed by atoms with E-state index < -0.39 is 0 Å². The van der Waals surface area contributed by atoms with Crippen molar-refractivity contribution >= 4 is 11.7 Å². The van der Waals surface area contributed by atoms with E-state index in [9.17, 15) is 4.79 Å². The molecule has 1 aliphatic heterocycles. The Morgan fingerprint density at radius 1 is 1.35 bits per heavy atom. The van der Waals surface area contributed by atoms with Crippen molar-refractivity contribution in [3.05, 3.63) is 23.9 Å². The minimum absolute atomic E-state index is 0.134. The number of hydrogen-bond acceptors (Lipinski definition) is 3. The van der Waals surface area contributed by atoms with E-state index in [-0.39, 0.29) is 5.91 Å². The maximum atomic E-state index is 12.2. The first-order valence-electron chi connectivity index (χ1n) is 6.08. The topological polar surface area (TPSA) is 36.4 Å². The van der Waals surface area contributed by atoms with Crippen molar-refractivity contribution in [2.45, 2.75) is 6.42 Å². The first kappa shape index (κ1) is 10.6. The van der Waals surface area contributed by atoms with Gasteiger partial charge in [0.05, 0.1) is 5.56 Å². The molecule has 17 heavy (non-hydrogen) atoms. The van der Waals surface area contributed by atoms with E-state index in [0.29, 0.717) is 5.56 Å². The first-order valence-corrected chi connectivity index (χ1v) is 6.08. The van der Waals surface area contributed by atoms with Crippen LogP contribution in [0.15, 0.2) is 18.3 Å². The van der Waals surface area contributed by atoms with Crippen LogP contribution in [0, 0.1) is 11.8 Å². The summed E-state index contributed by atoms with van der Waals surface area (Å²) in [6, 6.07) is 3.76. The van der Waals surface area contributed by atoms with Gasteiger partial charge in [0, 0.05) is 33.4 Å². The number of pyridine rings is 1. The Morgan fingerprint density at radius 3 is 2.59 bits per heavy atom. The van der Waals surface area contributed by atoms with Gasteiger partial charge >= 0.3 is 0 Å². The van der Waals surface area contributed by atoms with Gasteiger partial charge in [0.2, 0.25) is 0 Å². The fourth-order valence-electron chi connectivity index (χ4n) is 2.52. The SMILES string of the molecule is CN(C)c1ccc(C(=O)N2CC3CC3C2)cn1. The van der Waals surface area contributed by atoms with Crippen molar-refractivity contribution in [2.24, 2.45) is 11.8 Å². The molecule has 2 aliphatic rings. The number of nitrogens with zero attached hydrogens (tertiary/aromatic N) is 3. The maximum absolute atomic E-state index is 12.2. The normalized spacial score (nSPS) is 25.6. The van der Waals surface area contributed by atoms with Gasteiger partial charge in [0.15, 0.2) is 0 Å². The molecule has 1 aromatic rings. The lowest BCUT2D eigenvalue weighted by molar-refractivity contribution is 0.0775. The fourth-order valence-corrected chi connectivity index (χ4v) is 2.52. The van der Waals surface area contributed by atoms with Crippen molar-refractivity contribution in [1.29, 1.82) is 0 Å². The third kappa shape index (κ3) is 1.88. The van der Waals surface area contributed by atoms with Crippen LogP contribution in [0.2, 0.25) is 0 Å². The Morgan fingerprint density at radius 2 is 2.06 bits per heavy atom. The van der Waals surface area contributed by atoms with Crippen molar-refractivity contribution < 1.29 is 4.79 Å². The van der Waals surface area contributed by atoms with Crippen LogP contribution in [-0.2, 0) is 0 Å². The van der Waals surface area contributed by atoms with E-state index in [4.69, 9.17) is 0 Å². The molecule has 1 saturated heterocycles. The number of likely N-dealkylation sites (tertiary alicyclic amines) is 1. The van der Waals surface area contributed by atoms with Crippen molar-refractivity contribution in [3.63, 3.8) is 0 Å². The predicted octanol–water partition coefficient (Wildman–Crippen LogP) is 1.24. The standard InChI is InChI=1S/C13H17N3O/c1-15(2)12-4-3-9(6-14-12)13(17)16-7-10-5-11(10)8-16/h3-4,6,10-11H,5,7-8H2,1-2H3. The van der Waals surface area contributed by atoms with Crippen molar-refractivity contribution in [2.75, 3.05) is 32.1 Å². The van der Waals surface area contributed by atoms with Gasteiger partial charge in [0.25, 0.3) is 5.91 Å². The lowest BCUT2D eigenvalue weighted by Gasteiger charge is -2.18. The quantitative estimate of drug-likeness (QED) is 0.768. The van der Waals surface area contributed by atoms with E-state index in [1.807, 2.05) is 36.0 Å². The molecule has 2 heterocycles. The highest BCUT2D eigenvalue weighted by Gasteiger charge is 2.46. The van der Waals surface area contributed by atoms with Gasteiger partial charge in [-0.15, -0.1) is 0 Å². The molecule has 2 fully saturated rings. The minimum Gasteiger partial charge on any atom is -0.363 e. The van der Waals surface area contributed by atoms with E-state index in [1.54, 1.807) is 6.20 Å². The number of amides is 1. The number of aromatic nitrogens is 1. The van der Waals surface area contributed by atoms with Gasteiger partial charge in [-0.1, -0.05) is 0 Å². The third-order valence-corrected chi connectivity index (χ3v) is 3.72. The van der Waals surface area contributed by atoms with Crippen LogP contribution < -0.4 is 4.90 Å². The van der Waals surface area contributed by atoms with Crippen molar-refractivity contribution in [1.82, 2.24) is 9.88 Å². The zero-order chi connectivity index (χ0) is 12.0. The molecular formula is C13H17N3O. The fraction of sp³-hybridized carbons (Fsp3) is 0.538. The smallest absolute Gasteiger partial charge is 0.255 e. The summed E-state index contributed by atoms with van der Waals surface area (Å²) in [7, 11) is 3.88. The second kappa shape index (κ2) is 3.72. The molecule has 0 spiro atoms. The lowest BCUT2D eigenvalue weighted by atomic mass is 10.2. The number of rotatable bonds is 2. The van der Waals surface area contributed by atoms with E-state index in [0.717, 1.165) is 30.7 Å². The highest BCUT2D eigenvalue weighted by atomic mass is 16.2. The molecule has 1 saturated carbocycles. The second-order valence-corrected chi connectivity index (χ2v) is 5.27.